The second-order valence-electron chi connectivity index (χ2n) is 9.40. The van der Waals surface area contributed by atoms with Crippen LogP contribution in [0.3, 0.4) is 0 Å². The van der Waals surface area contributed by atoms with Gasteiger partial charge in [-0.1, -0.05) is 58.3 Å². The number of nitrogens with one attached hydrogen (secondary N) is 1. The molecule has 5 heteroatoms. The largest absolute Gasteiger partial charge is 0.356 e. The Hall–Kier alpha value is -1.36. The summed E-state index contributed by atoms with van der Waals surface area (Å²) in [6, 6.07) is 0. The van der Waals surface area contributed by atoms with Gasteiger partial charge in [0.25, 0.3) is 0 Å². The van der Waals surface area contributed by atoms with Gasteiger partial charge in [0, 0.05) is 31.7 Å². The van der Waals surface area contributed by atoms with Crippen LogP contribution >= 0.6 is 0 Å². The lowest BCUT2D eigenvalue weighted by molar-refractivity contribution is 0.335. The smallest absolute Gasteiger partial charge is 0.224 e. The summed E-state index contributed by atoms with van der Waals surface area (Å²) in [5.74, 6) is 2.08. The molecular weight excluding hydrogens is 370 g/mol. The van der Waals surface area contributed by atoms with Gasteiger partial charge in [-0.05, 0) is 52.1 Å². The predicted molar refractivity (Wildman–Crippen MR) is 129 cm³/mol. The Morgan fingerprint density at radius 1 is 0.833 bits per heavy atom. The molecule has 0 bridgehead atoms. The summed E-state index contributed by atoms with van der Waals surface area (Å²) >= 11 is 0. The minimum absolute atomic E-state index is 0.847. The lowest BCUT2D eigenvalue weighted by atomic mass is 10.1. The first-order valence-electron chi connectivity index (χ1n) is 12.8. The van der Waals surface area contributed by atoms with Gasteiger partial charge in [0.15, 0.2) is 0 Å². The molecule has 0 amide bonds. The predicted octanol–water partition coefficient (Wildman–Crippen LogP) is 5.44. The molecule has 1 aliphatic heterocycles. The number of aromatic nitrogens is 2. The molecular formula is C25H45N5. The average molecular weight is 416 g/mol. The first-order valence-corrected chi connectivity index (χ1v) is 12.8. The summed E-state index contributed by atoms with van der Waals surface area (Å²) < 4.78 is 0. The van der Waals surface area contributed by atoms with Crippen molar-refractivity contribution in [3.8, 4) is 0 Å². The van der Waals surface area contributed by atoms with Crippen LogP contribution in [0.1, 0.15) is 95.2 Å². The lowest BCUT2D eigenvalue weighted by Gasteiger charge is -2.24. The van der Waals surface area contributed by atoms with Gasteiger partial charge in [-0.25, -0.2) is 4.98 Å². The Labute approximate surface area is 185 Å². The van der Waals surface area contributed by atoms with Gasteiger partial charge >= 0.3 is 0 Å². The van der Waals surface area contributed by atoms with E-state index in [1.807, 2.05) is 0 Å². The zero-order valence-corrected chi connectivity index (χ0v) is 19.7. The topological polar surface area (TPSA) is 44.3 Å². The van der Waals surface area contributed by atoms with Gasteiger partial charge in [-0.15, -0.1) is 0 Å². The molecule has 2 heterocycles. The molecule has 1 fully saturated rings. The van der Waals surface area contributed by atoms with Crippen LogP contribution in [0.15, 0.2) is 0 Å². The second kappa shape index (κ2) is 13.1. The summed E-state index contributed by atoms with van der Waals surface area (Å²) in [6.45, 7) is 7.76. The lowest BCUT2D eigenvalue weighted by Crippen LogP contribution is -2.28. The monoisotopic (exact) mass is 415 g/mol. The van der Waals surface area contributed by atoms with Gasteiger partial charge in [0.1, 0.15) is 5.82 Å². The van der Waals surface area contributed by atoms with E-state index in [0.29, 0.717) is 0 Å². The average Bonchev–Trinajstić information content (AvgIpc) is 3.05. The van der Waals surface area contributed by atoms with Crippen molar-refractivity contribution < 1.29 is 0 Å². The van der Waals surface area contributed by atoms with Crippen molar-refractivity contribution in [2.24, 2.45) is 0 Å². The van der Waals surface area contributed by atoms with Crippen molar-refractivity contribution in [1.29, 1.82) is 0 Å². The fourth-order valence-electron chi connectivity index (χ4n) is 4.84. The van der Waals surface area contributed by atoms with E-state index in [2.05, 4.69) is 29.1 Å². The van der Waals surface area contributed by atoms with Gasteiger partial charge < -0.3 is 15.1 Å². The SMILES string of the molecule is CCCCCCCCCN(C)CCNc1nc2c(c(N3CCCCCC3)n1)CCC2. The summed E-state index contributed by atoms with van der Waals surface area (Å²) in [5, 5.41) is 3.53. The van der Waals surface area contributed by atoms with Gasteiger partial charge in [0.05, 0.1) is 5.69 Å². The molecule has 1 aliphatic carbocycles. The van der Waals surface area contributed by atoms with E-state index >= 15 is 0 Å². The number of rotatable bonds is 13. The van der Waals surface area contributed by atoms with Gasteiger partial charge in [-0.2, -0.15) is 4.98 Å². The molecule has 0 unspecified atom stereocenters. The zero-order chi connectivity index (χ0) is 21.0. The van der Waals surface area contributed by atoms with Gasteiger partial charge in [-0.3, -0.25) is 0 Å². The third-order valence-corrected chi connectivity index (χ3v) is 6.74. The highest BCUT2D eigenvalue weighted by Gasteiger charge is 2.23. The Kier molecular flexibility index (Phi) is 10.2. The van der Waals surface area contributed by atoms with Crippen molar-refractivity contribution >= 4 is 11.8 Å². The fraction of sp³-hybridized carbons (Fsp3) is 0.840. The number of anilines is 2. The first kappa shape index (κ1) is 23.3. The molecule has 1 N–H and O–H groups in total. The number of fused-ring (bicyclic) bond motifs is 1. The number of hydrogen-bond donors (Lipinski definition) is 1. The van der Waals surface area contributed by atoms with Crippen molar-refractivity contribution in [1.82, 2.24) is 14.9 Å². The Morgan fingerprint density at radius 3 is 2.33 bits per heavy atom. The molecule has 5 nitrogen and oxygen atoms in total. The van der Waals surface area contributed by atoms with Crippen molar-refractivity contribution in [3.63, 3.8) is 0 Å². The number of aryl methyl sites for hydroxylation is 1. The maximum Gasteiger partial charge on any atom is 0.224 e. The summed E-state index contributed by atoms with van der Waals surface area (Å²) in [5.41, 5.74) is 2.72. The highest BCUT2D eigenvalue weighted by molar-refractivity contribution is 5.54. The van der Waals surface area contributed by atoms with Crippen LogP contribution in [0.2, 0.25) is 0 Å². The van der Waals surface area contributed by atoms with Crippen LogP contribution in [-0.4, -0.2) is 54.6 Å². The number of hydrogen-bond acceptors (Lipinski definition) is 5. The van der Waals surface area contributed by atoms with E-state index < -0.39 is 0 Å². The highest BCUT2D eigenvalue weighted by Crippen LogP contribution is 2.31. The maximum atomic E-state index is 5.00. The van der Waals surface area contributed by atoms with E-state index in [-0.39, 0.29) is 0 Å². The van der Waals surface area contributed by atoms with E-state index in [0.717, 1.165) is 45.0 Å². The van der Waals surface area contributed by atoms with Crippen LogP contribution in [-0.2, 0) is 12.8 Å². The van der Waals surface area contributed by atoms with Gasteiger partial charge in [0.2, 0.25) is 5.95 Å². The van der Waals surface area contributed by atoms with Crippen LogP contribution in [0, 0.1) is 0 Å². The van der Waals surface area contributed by atoms with Crippen molar-refractivity contribution in [2.75, 3.05) is 50.0 Å². The molecule has 1 aromatic rings. The Morgan fingerprint density at radius 2 is 1.57 bits per heavy atom. The van der Waals surface area contributed by atoms with Crippen LogP contribution in [0.5, 0.6) is 0 Å². The molecule has 0 atom stereocenters. The molecule has 3 rings (SSSR count). The van der Waals surface area contributed by atoms with Crippen LogP contribution in [0.25, 0.3) is 0 Å². The molecule has 1 aromatic heterocycles. The molecule has 2 aliphatic rings. The minimum Gasteiger partial charge on any atom is -0.356 e. The normalized spacial score (nSPS) is 16.7. The number of nitrogens with zero attached hydrogens (tertiary/aromatic N) is 4. The first-order chi connectivity index (χ1) is 14.8. The van der Waals surface area contributed by atoms with Crippen molar-refractivity contribution in [3.05, 3.63) is 11.3 Å². The molecule has 30 heavy (non-hydrogen) atoms. The molecule has 0 spiro atoms. The van der Waals surface area contributed by atoms with E-state index in [4.69, 9.17) is 9.97 Å². The van der Waals surface area contributed by atoms with Crippen molar-refractivity contribution in [2.45, 2.75) is 96.8 Å². The van der Waals surface area contributed by atoms with Crippen LogP contribution < -0.4 is 10.2 Å². The summed E-state index contributed by atoms with van der Waals surface area (Å²) in [7, 11) is 2.24. The van der Waals surface area contributed by atoms with Crippen LogP contribution in [0.4, 0.5) is 11.8 Å². The molecule has 1 saturated heterocycles. The molecule has 0 radical (unpaired) electrons. The highest BCUT2D eigenvalue weighted by atomic mass is 15.2. The number of likely N-dealkylation sites (N-methyl/N-ethyl adjacent to an activating group) is 1. The summed E-state index contributed by atoms with van der Waals surface area (Å²) in [6.07, 6.45) is 18.5. The maximum absolute atomic E-state index is 5.00. The summed E-state index contributed by atoms with van der Waals surface area (Å²) in [4.78, 5) is 14.9. The third kappa shape index (κ3) is 7.40. The molecule has 170 valence electrons. The van der Waals surface area contributed by atoms with E-state index in [1.165, 1.54) is 101 Å². The quantitative estimate of drug-likeness (QED) is 0.435. The van der Waals surface area contributed by atoms with E-state index in [1.54, 1.807) is 0 Å². The van der Waals surface area contributed by atoms with E-state index in [9.17, 15) is 0 Å². The standard InChI is InChI=1S/C25H45N5/c1-3-4-5-6-7-8-11-18-29(2)21-17-26-25-27-23-16-14-15-22(23)24(28-25)30-19-12-9-10-13-20-30/h3-21H2,1-2H3,(H,26,27,28). The zero-order valence-electron chi connectivity index (χ0n) is 19.7. The fourth-order valence-corrected chi connectivity index (χ4v) is 4.84. The number of unbranched alkanes of at least 4 members (excludes halogenated alkanes) is 6. The molecule has 0 aromatic carbocycles. The Bertz CT molecular complexity index is 610. The third-order valence-electron chi connectivity index (χ3n) is 6.74. The minimum atomic E-state index is 0.847. The second-order valence-corrected chi connectivity index (χ2v) is 9.40. The Balaban J connectivity index is 1.42. The molecule has 0 saturated carbocycles.